The summed E-state index contributed by atoms with van der Waals surface area (Å²) in [6, 6.07) is 13.0. The lowest BCUT2D eigenvalue weighted by Gasteiger charge is -2.13. The average molecular weight is 462 g/mol. The Labute approximate surface area is 185 Å². The zero-order valence-electron chi connectivity index (χ0n) is 15.8. The van der Waals surface area contributed by atoms with E-state index >= 15 is 4.39 Å². The van der Waals surface area contributed by atoms with Crippen LogP contribution < -0.4 is 15.8 Å². The lowest BCUT2D eigenvalue weighted by molar-refractivity contribution is 0.0946. The van der Waals surface area contributed by atoms with Crippen LogP contribution in [-0.4, -0.2) is 10.9 Å². The van der Waals surface area contributed by atoms with Crippen molar-refractivity contribution in [2.45, 2.75) is 6.54 Å². The number of aromatic nitrogens is 1. The molecule has 4 N–H and O–H groups in total. The second-order valence-electron chi connectivity index (χ2n) is 6.77. The molecule has 5 nitrogen and oxygen atoms in total. The van der Waals surface area contributed by atoms with Gasteiger partial charge in [0.1, 0.15) is 17.3 Å². The molecule has 0 aliphatic carbocycles. The molecule has 0 aliphatic heterocycles. The monoisotopic (exact) mass is 461 g/mol. The van der Waals surface area contributed by atoms with Crippen molar-refractivity contribution in [1.82, 2.24) is 10.3 Å². The van der Waals surface area contributed by atoms with E-state index in [-0.39, 0.29) is 34.3 Å². The number of halogens is 4. The Morgan fingerprint density at radius 3 is 2.65 bits per heavy atom. The van der Waals surface area contributed by atoms with Gasteiger partial charge in [-0.25, -0.2) is 8.78 Å². The van der Waals surface area contributed by atoms with Gasteiger partial charge in [0.15, 0.2) is 11.6 Å². The van der Waals surface area contributed by atoms with Crippen LogP contribution in [0.15, 0.2) is 54.6 Å². The van der Waals surface area contributed by atoms with Crippen molar-refractivity contribution in [3.8, 4) is 11.5 Å². The van der Waals surface area contributed by atoms with Crippen LogP contribution in [0.1, 0.15) is 16.1 Å². The third-order valence-electron chi connectivity index (χ3n) is 4.51. The number of carbonyl (C=O) groups is 1. The van der Waals surface area contributed by atoms with E-state index in [9.17, 15) is 9.18 Å². The molecule has 0 saturated heterocycles. The molecule has 0 bridgehead atoms. The largest absolute Gasteiger partial charge is 0.453 e. The fraction of sp³-hybridized carbons (Fsp3) is 0.0455. The van der Waals surface area contributed by atoms with E-state index in [1.807, 2.05) is 0 Å². The first-order valence-corrected chi connectivity index (χ1v) is 9.83. The first kappa shape index (κ1) is 21.0. The molecular weight excluding hydrogens is 447 g/mol. The highest BCUT2D eigenvalue weighted by Gasteiger charge is 2.17. The van der Waals surface area contributed by atoms with Crippen molar-refractivity contribution in [1.29, 1.82) is 0 Å². The van der Waals surface area contributed by atoms with Gasteiger partial charge in [-0.3, -0.25) is 4.79 Å². The number of H-pyrrole nitrogens is 1. The number of anilines is 1. The van der Waals surface area contributed by atoms with Crippen LogP contribution in [0.5, 0.6) is 11.5 Å². The third-order valence-corrected chi connectivity index (χ3v) is 5.03. The normalized spacial score (nSPS) is 11.0. The molecule has 158 valence electrons. The first-order valence-electron chi connectivity index (χ1n) is 9.07. The molecule has 9 heteroatoms. The first-order chi connectivity index (χ1) is 14.8. The summed E-state index contributed by atoms with van der Waals surface area (Å²) in [5.41, 5.74) is 7.07. The highest BCUT2D eigenvalue weighted by atomic mass is 35.5. The number of nitrogen functional groups attached to an aromatic ring is 1. The van der Waals surface area contributed by atoms with Crippen LogP contribution in [0.2, 0.25) is 10.0 Å². The molecule has 0 unspecified atom stereocenters. The van der Waals surface area contributed by atoms with E-state index in [1.165, 1.54) is 54.6 Å². The summed E-state index contributed by atoms with van der Waals surface area (Å²) in [6.45, 7) is -0.125. The van der Waals surface area contributed by atoms with Crippen LogP contribution in [0, 0.1) is 11.6 Å². The van der Waals surface area contributed by atoms with E-state index < -0.39 is 17.5 Å². The molecule has 0 aliphatic rings. The number of nitrogens with two attached hydrogens (primary N) is 1. The quantitative estimate of drug-likeness (QED) is 0.316. The molecule has 1 heterocycles. The van der Waals surface area contributed by atoms with Gasteiger partial charge in [0.2, 0.25) is 0 Å². The molecule has 4 aromatic rings. The fourth-order valence-corrected chi connectivity index (χ4v) is 3.48. The minimum absolute atomic E-state index is 0.0452. The number of nitrogens with one attached hydrogen (secondary N) is 2. The maximum Gasteiger partial charge on any atom is 0.267 e. The van der Waals surface area contributed by atoms with Gasteiger partial charge < -0.3 is 20.8 Å². The summed E-state index contributed by atoms with van der Waals surface area (Å²) >= 11 is 12.0. The Kier molecular flexibility index (Phi) is 5.71. The number of amides is 1. The molecule has 31 heavy (non-hydrogen) atoms. The van der Waals surface area contributed by atoms with Crippen LogP contribution in [0.3, 0.4) is 0 Å². The number of fused-ring (bicyclic) bond motifs is 1. The molecule has 1 aromatic heterocycles. The smallest absolute Gasteiger partial charge is 0.267 e. The zero-order chi connectivity index (χ0) is 22.1. The van der Waals surface area contributed by atoms with Crippen molar-refractivity contribution in [3.05, 3.63) is 87.5 Å². The van der Waals surface area contributed by atoms with Gasteiger partial charge in [-0.1, -0.05) is 29.3 Å². The predicted molar refractivity (Wildman–Crippen MR) is 117 cm³/mol. The third kappa shape index (κ3) is 4.57. The molecule has 0 fully saturated rings. The van der Waals surface area contributed by atoms with Gasteiger partial charge in [0, 0.05) is 39.8 Å². The van der Waals surface area contributed by atoms with Crippen LogP contribution in [0.4, 0.5) is 14.5 Å². The maximum atomic E-state index is 15.0. The average Bonchev–Trinajstić information content (AvgIpc) is 3.13. The van der Waals surface area contributed by atoms with Gasteiger partial charge >= 0.3 is 0 Å². The summed E-state index contributed by atoms with van der Waals surface area (Å²) in [5, 5.41) is 3.54. The Hall–Kier alpha value is -3.29. The van der Waals surface area contributed by atoms with Gasteiger partial charge in [-0.2, -0.15) is 0 Å². The maximum absolute atomic E-state index is 15.0. The Morgan fingerprint density at radius 1 is 1.06 bits per heavy atom. The van der Waals surface area contributed by atoms with E-state index in [0.717, 1.165) is 0 Å². The molecule has 1 amide bonds. The van der Waals surface area contributed by atoms with Gasteiger partial charge in [-0.05, 0) is 42.5 Å². The SMILES string of the molecule is Nc1cc(Cl)cc(Oc2c(Cl)ccc(CNC(=O)c3cc4cc(F)ccc4[nH]3)c2F)c1. The predicted octanol–water partition coefficient (Wildman–Crippen LogP) is 6.06. The standard InChI is InChI=1S/C22H15Cl2F2N3O2/c23-13-7-15(27)9-16(8-13)31-21-17(24)3-1-11(20(21)26)10-28-22(30)19-6-12-5-14(25)2-4-18(12)29-19/h1-9,29H,10,27H2,(H,28,30). The zero-order valence-corrected chi connectivity index (χ0v) is 17.3. The number of rotatable bonds is 5. The molecule has 0 atom stereocenters. The number of hydrogen-bond donors (Lipinski definition) is 3. The van der Waals surface area contributed by atoms with Crippen molar-refractivity contribution >= 4 is 45.7 Å². The minimum atomic E-state index is -0.731. The van der Waals surface area contributed by atoms with Crippen molar-refractivity contribution in [3.63, 3.8) is 0 Å². The molecule has 0 radical (unpaired) electrons. The van der Waals surface area contributed by atoms with E-state index in [4.69, 9.17) is 33.7 Å². The number of aromatic amines is 1. The summed E-state index contributed by atoms with van der Waals surface area (Å²) in [6.07, 6.45) is 0. The topological polar surface area (TPSA) is 80.1 Å². The molecule has 0 saturated carbocycles. The Balaban J connectivity index is 1.53. The Morgan fingerprint density at radius 2 is 1.87 bits per heavy atom. The van der Waals surface area contributed by atoms with Crippen molar-refractivity contribution in [2.24, 2.45) is 0 Å². The van der Waals surface area contributed by atoms with Gasteiger partial charge in [0.05, 0.1) is 5.02 Å². The summed E-state index contributed by atoms with van der Waals surface area (Å²) in [4.78, 5) is 15.4. The lowest BCUT2D eigenvalue weighted by atomic mass is 10.2. The molecule has 4 rings (SSSR count). The highest BCUT2D eigenvalue weighted by molar-refractivity contribution is 6.32. The number of benzene rings is 3. The van der Waals surface area contributed by atoms with Crippen LogP contribution >= 0.6 is 23.2 Å². The minimum Gasteiger partial charge on any atom is -0.453 e. The summed E-state index contributed by atoms with van der Waals surface area (Å²) in [5.74, 6) is -1.61. The van der Waals surface area contributed by atoms with E-state index in [0.29, 0.717) is 21.6 Å². The highest BCUT2D eigenvalue weighted by Crippen LogP contribution is 2.35. The van der Waals surface area contributed by atoms with E-state index in [1.54, 1.807) is 0 Å². The van der Waals surface area contributed by atoms with Crippen molar-refractivity contribution < 1.29 is 18.3 Å². The van der Waals surface area contributed by atoms with Crippen LogP contribution in [-0.2, 0) is 6.54 Å². The molecule has 3 aromatic carbocycles. The summed E-state index contributed by atoms with van der Waals surface area (Å²) in [7, 11) is 0. The lowest BCUT2D eigenvalue weighted by Crippen LogP contribution is -2.23. The number of hydrogen-bond acceptors (Lipinski definition) is 3. The van der Waals surface area contributed by atoms with Crippen molar-refractivity contribution in [2.75, 3.05) is 5.73 Å². The number of carbonyl (C=O) groups excluding carboxylic acids is 1. The second-order valence-corrected chi connectivity index (χ2v) is 7.61. The van der Waals surface area contributed by atoms with Crippen LogP contribution in [0.25, 0.3) is 10.9 Å². The molecule has 0 spiro atoms. The van der Waals surface area contributed by atoms with Gasteiger partial charge in [0.25, 0.3) is 5.91 Å². The van der Waals surface area contributed by atoms with Gasteiger partial charge in [-0.15, -0.1) is 0 Å². The van der Waals surface area contributed by atoms with E-state index in [2.05, 4.69) is 10.3 Å². The Bertz CT molecular complexity index is 1290. The summed E-state index contributed by atoms with van der Waals surface area (Å²) < 4.78 is 33.9. The fourth-order valence-electron chi connectivity index (χ4n) is 3.06. The second kappa shape index (κ2) is 8.45. The number of ether oxygens (including phenoxy) is 1. The molecular formula is C22H15Cl2F2N3O2.